The highest BCUT2D eigenvalue weighted by atomic mass is 15.1. The molecule has 55 heavy (non-hydrogen) atoms. The first-order chi connectivity index (χ1) is 27.2. The molecule has 1 aliphatic carbocycles. The Hall–Kier alpha value is -7.03. The summed E-state index contributed by atoms with van der Waals surface area (Å²) >= 11 is 0. The molecule has 0 amide bonds. The number of hydrogen-bond donors (Lipinski definition) is 0. The highest BCUT2D eigenvalue weighted by Gasteiger charge is 2.32. The molecule has 0 unspecified atom stereocenters. The number of nitrogens with zero attached hydrogens (tertiary/aromatic N) is 2. The van der Waals surface area contributed by atoms with E-state index in [1.807, 2.05) is 0 Å². The molecule has 1 aromatic heterocycles. The Morgan fingerprint density at radius 3 is 1.29 bits per heavy atom. The first-order valence-electron chi connectivity index (χ1n) is 19.0. The van der Waals surface area contributed by atoms with E-state index < -0.39 is 0 Å². The maximum Gasteiger partial charge on any atom is 0.294 e. The van der Waals surface area contributed by atoms with Crippen LogP contribution in [0.4, 0.5) is 0 Å². The van der Waals surface area contributed by atoms with Gasteiger partial charge in [-0.1, -0.05) is 176 Å². The fraction of sp³-hybridized carbons (Fsp3) is 0.0377. The molecule has 10 rings (SSSR count). The third-order valence-corrected chi connectivity index (χ3v) is 11.2. The third-order valence-electron chi connectivity index (χ3n) is 11.2. The van der Waals surface area contributed by atoms with Gasteiger partial charge in [0.05, 0.1) is 12.6 Å². The molecule has 0 aliphatic heterocycles. The van der Waals surface area contributed by atoms with Crippen LogP contribution in [0.2, 0.25) is 0 Å². The maximum atomic E-state index is 2.45. The number of rotatable bonds is 5. The second-order valence-corrected chi connectivity index (χ2v) is 14.4. The van der Waals surface area contributed by atoms with Crippen molar-refractivity contribution in [2.75, 3.05) is 0 Å². The Bertz CT molecular complexity index is 2800. The van der Waals surface area contributed by atoms with E-state index in [1.165, 1.54) is 89.0 Å². The van der Waals surface area contributed by atoms with Crippen LogP contribution in [0.15, 0.2) is 200 Å². The third kappa shape index (κ3) is 5.45. The van der Waals surface area contributed by atoms with E-state index in [1.54, 1.807) is 0 Å². The number of hydrogen-bond acceptors (Lipinski definition) is 0. The molecule has 1 aliphatic rings. The van der Waals surface area contributed by atoms with Crippen LogP contribution in [0.3, 0.4) is 0 Å². The van der Waals surface area contributed by atoms with Gasteiger partial charge in [-0.05, 0) is 85.8 Å². The molecule has 0 saturated carbocycles. The second-order valence-electron chi connectivity index (χ2n) is 14.4. The minimum absolute atomic E-state index is 1.12. The van der Waals surface area contributed by atoms with Crippen LogP contribution < -0.4 is 4.57 Å². The Kier molecular flexibility index (Phi) is 7.96. The van der Waals surface area contributed by atoms with Crippen molar-refractivity contribution in [3.8, 4) is 95.0 Å². The van der Waals surface area contributed by atoms with Crippen LogP contribution in [-0.4, -0.2) is 4.57 Å². The van der Waals surface area contributed by atoms with Gasteiger partial charge >= 0.3 is 0 Å². The number of fused-ring (bicyclic) bond motifs is 8. The standard InChI is InChI=1S/C53H39N2/c1-36-30-31-47-45-28-15-14-26-43(45)41-24-12-13-25-42(41)44-27-16-17-29-46(44)51(47)50(36)53-54(2)32-33-55(53)52-48(38-20-8-4-9-21-38)34-40(37-18-6-3-7-19-37)35-49(52)39-22-10-5-11-23-39/h3-35H,1-2H3/q+1. The zero-order valence-corrected chi connectivity index (χ0v) is 30.9. The summed E-state index contributed by atoms with van der Waals surface area (Å²) in [6, 6.07) is 68.6. The average Bonchev–Trinajstić information content (AvgIpc) is 3.63. The van der Waals surface area contributed by atoms with Crippen molar-refractivity contribution in [1.82, 2.24) is 4.57 Å². The van der Waals surface area contributed by atoms with Gasteiger partial charge in [0.1, 0.15) is 18.1 Å². The summed E-state index contributed by atoms with van der Waals surface area (Å²) in [5.74, 6) is 1.12. The SMILES string of the molecule is Cc1ccc2c(c1-c1n(-c3c(-c4ccccc4)cc(-c4ccccc4)cc3-c3ccccc3)cc[n+]1C)-c1ccccc1-c1ccccc1-c1ccccc1-2. The van der Waals surface area contributed by atoms with Crippen molar-refractivity contribution in [3.63, 3.8) is 0 Å². The molecular weight excluding hydrogens is 665 g/mol. The van der Waals surface area contributed by atoms with Crippen molar-refractivity contribution in [2.45, 2.75) is 6.92 Å². The molecule has 260 valence electrons. The Labute approximate surface area is 322 Å². The molecule has 2 heteroatoms. The van der Waals surface area contributed by atoms with Crippen molar-refractivity contribution in [1.29, 1.82) is 0 Å². The Balaban J connectivity index is 1.34. The number of benzene rings is 8. The molecule has 0 atom stereocenters. The van der Waals surface area contributed by atoms with Crippen LogP contribution >= 0.6 is 0 Å². The summed E-state index contributed by atoms with van der Waals surface area (Å²) in [7, 11) is 2.19. The molecule has 0 bridgehead atoms. The number of imidazole rings is 1. The molecule has 8 aromatic carbocycles. The van der Waals surface area contributed by atoms with Gasteiger partial charge in [-0.25, -0.2) is 4.57 Å². The highest BCUT2D eigenvalue weighted by molar-refractivity contribution is 6.07. The van der Waals surface area contributed by atoms with Gasteiger partial charge in [-0.15, -0.1) is 0 Å². The average molecular weight is 704 g/mol. The fourth-order valence-electron chi connectivity index (χ4n) is 8.66. The zero-order valence-electron chi connectivity index (χ0n) is 30.9. The van der Waals surface area contributed by atoms with Crippen LogP contribution in [0.5, 0.6) is 0 Å². The molecule has 0 radical (unpaired) electrons. The largest absolute Gasteiger partial charge is 0.294 e. The van der Waals surface area contributed by atoms with Gasteiger partial charge in [0.25, 0.3) is 5.82 Å². The van der Waals surface area contributed by atoms with Gasteiger partial charge in [-0.3, -0.25) is 0 Å². The predicted molar refractivity (Wildman–Crippen MR) is 229 cm³/mol. The van der Waals surface area contributed by atoms with E-state index >= 15 is 0 Å². The van der Waals surface area contributed by atoms with Crippen LogP contribution in [0.1, 0.15) is 5.56 Å². The first-order valence-corrected chi connectivity index (χ1v) is 19.0. The monoisotopic (exact) mass is 703 g/mol. The zero-order chi connectivity index (χ0) is 36.9. The first kappa shape index (κ1) is 32.6. The molecule has 1 heterocycles. The van der Waals surface area contributed by atoms with Crippen LogP contribution in [0.25, 0.3) is 95.0 Å². The van der Waals surface area contributed by atoms with Crippen LogP contribution in [-0.2, 0) is 7.05 Å². The van der Waals surface area contributed by atoms with Crippen molar-refractivity contribution < 1.29 is 4.57 Å². The van der Waals surface area contributed by atoms with E-state index in [0.717, 1.165) is 11.5 Å². The van der Waals surface area contributed by atoms with Gasteiger partial charge in [0.2, 0.25) is 0 Å². The summed E-state index contributed by atoms with van der Waals surface area (Å²) in [6.45, 7) is 2.27. The lowest BCUT2D eigenvalue weighted by Crippen LogP contribution is -2.29. The minimum Gasteiger partial charge on any atom is -0.232 e. The number of aryl methyl sites for hydroxylation is 2. The van der Waals surface area contributed by atoms with Gasteiger partial charge in [-0.2, -0.15) is 4.57 Å². The molecule has 0 saturated heterocycles. The summed E-state index contributed by atoms with van der Waals surface area (Å²) in [5, 5.41) is 0. The van der Waals surface area contributed by atoms with Gasteiger partial charge in [0, 0.05) is 16.7 Å². The van der Waals surface area contributed by atoms with E-state index in [2.05, 4.69) is 224 Å². The summed E-state index contributed by atoms with van der Waals surface area (Å²) in [6.07, 6.45) is 4.46. The molecule has 0 N–H and O–H groups in total. The molecular formula is C53H39N2+. The molecule has 2 nitrogen and oxygen atoms in total. The van der Waals surface area contributed by atoms with E-state index in [9.17, 15) is 0 Å². The maximum absolute atomic E-state index is 2.45. The van der Waals surface area contributed by atoms with Gasteiger partial charge < -0.3 is 0 Å². The molecule has 9 aromatic rings. The van der Waals surface area contributed by atoms with Gasteiger partial charge in [0.15, 0.2) is 0 Å². The van der Waals surface area contributed by atoms with E-state index in [0.29, 0.717) is 0 Å². The Morgan fingerprint density at radius 1 is 0.364 bits per heavy atom. The van der Waals surface area contributed by atoms with Crippen molar-refractivity contribution >= 4 is 0 Å². The lowest BCUT2D eigenvalue weighted by atomic mass is 9.78. The smallest absolute Gasteiger partial charge is 0.232 e. The molecule has 0 fully saturated rings. The Morgan fingerprint density at radius 2 is 0.782 bits per heavy atom. The van der Waals surface area contributed by atoms with Crippen molar-refractivity contribution in [2.24, 2.45) is 7.05 Å². The summed E-state index contributed by atoms with van der Waals surface area (Å²) in [5.41, 5.74) is 20.6. The minimum atomic E-state index is 1.12. The van der Waals surface area contributed by atoms with Crippen LogP contribution in [0, 0.1) is 6.92 Å². The van der Waals surface area contributed by atoms with Crippen molar-refractivity contribution in [3.05, 3.63) is 206 Å². The quantitative estimate of drug-likeness (QED) is 0.158. The second kappa shape index (κ2) is 13.4. The topological polar surface area (TPSA) is 8.81 Å². The summed E-state index contributed by atoms with van der Waals surface area (Å²) < 4.78 is 4.75. The predicted octanol–water partition coefficient (Wildman–Crippen LogP) is 13.3. The highest BCUT2D eigenvalue weighted by Crippen LogP contribution is 2.51. The van der Waals surface area contributed by atoms with E-state index in [-0.39, 0.29) is 0 Å². The number of aromatic nitrogens is 2. The fourth-order valence-corrected chi connectivity index (χ4v) is 8.66. The normalized spacial score (nSPS) is 11.5. The molecule has 0 spiro atoms. The lowest BCUT2D eigenvalue weighted by Gasteiger charge is -2.25. The summed E-state index contributed by atoms with van der Waals surface area (Å²) in [4.78, 5) is 0. The lowest BCUT2D eigenvalue weighted by molar-refractivity contribution is -0.659. The van der Waals surface area contributed by atoms with E-state index in [4.69, 9.17) is 0 Å².